The average Bonchev–Trinajstić information content (AvgIpc) is 3.17. The summed E-state index contributed by atoms with van der Waals surface area (Å²) in [6.45, 7) is 4.00. The van der Waals surface area contributed by atoms with Gasteiger partial charge in [-0.25, -0.2) is 0 Å². The molecule has 6 heteroatoms. The highest BCUT2D eigenvalue weighted by Crippen LogP contribution is 2.24. The fourth-order valence-corrected chi connectivity index (χ4v) is 2.75. The van der Waals surface area contributed by atoms with E-state index in [2.05, 4.69) is 15.5 Å². The van der Waals surface area contributed by atoms with Crippen molar-refractivity contribution in [2.45, 2.75) is 13.8 Å². The molecule has 1 N–H and O–H groups in total. The number of thiophene rings is 1. The maximum Gasteiger partial charge on any atom is 0.322 e. The summed E-state index contributed by atoms with van der Waals surface area (Å²) < 4.78 is 5.51. The van der Waals surface area contributed by atoms with Crippen LogP contribution in [-0.4, -0.2) is 16.1 Å². The molecule has 0 aliphatic carbocycles. The lowest BCUT2D eigenvalue weighted by Crippen LogP contribution is -2.07. The molecular weight excluding hydrogens is 310 g/mol. The van der Waals surface area contributed by atoms with Crippen molar-refractivity contribution in [1.82, 2.24) is 10.2 Å². The van der Waals surface area contributed by atoms with Crippen LogP contribution in [0, 0.1) is 13.8 Å². The fourth-order valence-electron chi connectivity index (χ4n) is 2.13. The van der Waals surface area contributed by atoms with Gasteiger partial charge in [0.05, 0.1) is 0 Å². The van der Waals surface area contributed by atoms with Gasteiger partial charge in [0.1, 0.15) is 0 Å². The topological polar surface area (TPSA) is 68.0 Å². The van der Waals surface area contributed by atoms with Crippen LogP contribution in [0.4, 0.5) is 6.01 Å². The molecule has 0 atom stereocenters. The highest BCUT2D eigenvalue weighted by molar-refractivity contribution is 7.10. The molecule has 1 amide bonds. The van der Waals surface area contributed by atoms with E-state index in [0.717, 1.165) is 21.6 Å². The molecule has 1 aromatic carbocycles. The van der Waals surface area contributed by atoms with Crippen molar-refractivity contribution in [2.24, 2.45) is 0 Å². The summed E-state index contributed by atoms with van der Waals surface area (Å²) in [6, 6.07) is 9.90. The maximum absolute atomic E-state index is 11.8. The number of hydrogen-bond acceptors (Lipinski definition) is 5. The van der Waals surface area contributed by atoms with Gasteiger partial charge in [0.15, 0.2) is 0 Å². The van der Waals surface area contributed by atoms with Crippen LogP contribution < -0.4 is 5.32 Å². The molecule has 2 aromatic heterocycles. The summed E-state index contributed by atoms with van der Waals surface area (Å²) in [7, 11) is 0. The molecule has 116 valence electrons. The van der Waals surface area contributed by atoms with Crippen LogP contribution in [0.5, 0.6) is 0 Å². The smallest absolute Gasteiger partial charge is 0.322 e. The Morgan fingerprint density at radius 2 is 2.13 bits per heavy atom. The van der Waals surface area contributed by atoms with Crippen molar-refractivity contribution in [2.75, 3.05) is 5.32 Å². The number of rotatable bonds is 4. The second-order valence-electron chi connectivity index (χ2n) is 5.07. The van der Waals surface area contributed by atoms with E-state index in [1.165, 1.54) is 6.08 Å². The molecule has 0 aliphatic heterocycles. The Morgan fingerprint density at radius 1 is 1.26 bits per heavy atom. The molecule has 0 saturated heterocycles. The van der Waals surface area contributed by atoms with Gasteiger partial charge in [0, 0.05) is 16.5 Å². The predicted molar refractivity (Wildman–Crippen MR) is 91.2 cm³/mol. The number of aromatic nitrogens is 2. The van der Waals surface area contributed by atoms with E-state index >= 15 is 0 Å². The molecule has 0 saturated carbocycles. The highest BCUT2D eigenvalue weighted by atomic mass is 32.1. The van der Waals surface area contributed by atoms with Gasteiger partial charge in [-0.2, -0.15) is 0 Å². The molecule has 0 bridgehead atoms. The largest absolute Gasteiger partial charge is 0.403 e. The molecule has 5 nitrogen and oxygen atoms in total. The lowest BCUT2D eigenvalue weighted by molar-refractivity contribution is -0.112. The van der Waals surface area contributed by atoms with Gasteiger partial charge in [-0.05, 0) is 43.0 Å². The highest BCUT2D eigenvalue weighted by Gasteiger charge is 2.12. The lowest BCUT2D eigenvalue weighted by atomic mass is 10.1. The number of carbonyl (C=O) groups excluding carboxylic acids is 1. The van der Waals surface area contributed by atoms with Crippen molar-refractivity contribution in [3.05, 3.63) is 57.8 Å². The molecule has 0 aliphatic rings. The molecule has 23 heavy (non-hydrogen) atoms. The van der Waals surface area contributed by atoms with E-state index in [-0.39, 0.29) is 11.9 Å². The Morgan fingerprint density at radius 3 is 2.87 bits per heavy atom. The van der Waals surface area contributed by atoms with Crippen LogP contribution in [-0.2, 0) is 4.79 Å². The number of anilines is 1. The maximum atomic E-state index is 11.8. The first-order valence-electron chi connectivity index (χ1n) is 7.05. The monoisotopic (exact) mass is 325 g/mol. The molecule has 0 radical (unpaired) electrons. The zero-order valence-electron chi connectivity index (χ0n) is 12.7. The fraction of sp³-hybridized carbons (Fsp3) is 0.118. The Hall–Kier alpha value is -2.73. The van der Waals surface area contributed by atoms with Crippen molar-refractivity contribution in [3.63, 3.8) is 0 Å². The van der Waals surface area contributed by atoms with Crippen molar-refractivity contribution >= 4 is 29.3 Å². The van der Waals surface area contributed by atoms with Gasteiger partial charge in [0.2, 0.25) is 5.89 Å². The van der Waals surface area contributed by atoms with Crippen LogP contribution in [0.25, 0.3) is 17.5 Å². The Bertz CT molecular complexity index is 851. The third-order valence-corrected chi connectivity index (χ3v) is 4.05. The minimum atomic E-state index is -0.311. The standard InChI is InChI=1S/C17H15N3O2S/c1-11-5-7-14(12(2)10-11)16-19-20-17(22-16)18-15(21)8-6-13-4-3-9-23-13/h3-10H,1-2H3,(H,18,20,21). The number of benzene rings is 1. The molecule has 0 fully saturated rings. The minimum absolute atomic E-state index is 0.0841. The SMILES string of the molecule is Cc1ccc(-c2nnc(NC(=O)C=Cc3cccs3)o2)c(C)c1. The van der Waals surface area contributed by atoms with Gasteiger partial charge >= 0.3 is 6.01 Å². The molecule has 3 rings (SSSR count). The summed E-state index contributed by atoms with van der Waals surface area (Å²) in [4.78, 5) is 12.8. The van der Waals surface area contributed by atoms with Gasteiger partial charge in [-0.15, -0.1) is 16.4 Å². The van der Waals surface area contributed by atoms with E-state index in [0.29, 0.717) is 5.89 Å². The average molecular weight is 325 g/mol. The Balaban J connectivity index is 1.71. The van der Waals surface area contributed by atoms with Crippen molar-refractivity contribution < 1.29 is 9.21 Å². The Kier molecular flexibility index (Phi) is 4.34. The second kappa shape index (κ2) is 6.58. The molecule has 3 aromatic rings. The second-order valence-corrected chi connectivity index (χ2v) is 6.05. The van der Waals surface area contributed by atoms with E-state index in [4.69, 9.17) is 4.42 Å². The first kappa shape index (κ1) is 15.2. The minimum Gasteiger partial charge on any atom is -0.403 e. The number of carbonyl (C=O) groups is 1. The van der Waals surface area contributed by atoms with Crippen LogP contribution in [0.2, 0.25) is 0 Å². The third-order valence-electron chi connectivity index (χ3n) is 3.21. The van der Waals surface area contributed by atoms with Gasteiger partial charge in [-0.3, -0.25) is 10.1 Å². The summed E-state index contributed by atoms with van der Waals surface area (Å²) >= 11 is 1.56. The van der Waals surface area contributed by atoms with E-state index in [9.17, 15) is 4.79 Å². The Labute approximate surface area is 137 Å². The lowest BCUT2D eigenvalue weighted by Gasteiger charge is -2.01. The van der Waals surface area contributed by atoms with Crippen molar-refractivity contribution in [1.29, 1.82) is 0 Å². The van der Waals surface area contributed by atoms with Crippen LogP contribution in [0.1, 0.15) is 16.0 Å². The number of nitrogens with one attached hydrogen (secondary N) is 1. The third kappa shape index (κ3) is 3.73. The molecule has 0 unspecified atom stereocenters. The summed E-state index contributed by atoms with van der Waals surface area (Å²) in [5.74, 6) is 0.0780. The van der Waals surface area contributed by atoms with Gasteiger partial charge < -0.3 is 4.42 Å². The van der Waals surface area contributed by atoms with E-state index in [1.54, 1.807) is 17.4 Å². The first-order valence-corrected chi connectivity index (χ1v) is 7.93. The zero-order chi connectivity index (χ0) is 16.2. The van der Waals surface area contributed by atoms with Crippen LogP contribution >= 0.6 is 11.3 Å². The number of hydrogen-bond donors (Lipinski definition) is 1. The number of amides is 1. The molecular formula is C17H15N3O2S. The number of nitrogens with zero attached hydrogens (tertiary/aromatic N) is 2. The summed E-state index contributed by atoms with van der Waals surface area (Å²) in [5, 5.41) is 12.4. The van der Waals surface area contributed by atoms with Crippen LogP contribution in [0.15, 0.2) is 46.2 Å². The van der Waals surface area contributed by atoms with Gasteiger partial charge in [0.25, 0.3) is 5.91 Å². The quantitative estimate of drug-likeness (QED) is 0.734. The zero-order valence-corrected chi connectivity index (χ0v) is 13.6. The normalized spacial score (nSPS) is 11.0. The van der Waals surface area contributed by atoms with Crippen molar-refractivity contribution in [3.8, 4) is 11.5 Å². The predicted octanol–water partition coefficient (Wildman–Crippen LogP) is 4.07. The molecule has 2 heterocycles. The van der Waals surface area contributed by atoms with Crippen LogP contribution in [0.3, 0.4) is 0 Å². The molecule has 0 spiro atoms. The summed E-state index contributed by atoms with van der Waals surface area (Å²) in [6.07, 6.45) is 3.17. The first-order chi connectivity index (χ1) is 11.1. The summed E-state index contributed by atoms with van der Waals surface area (Å²) in [5.41, 5.74) is 3.07. The van der Waals surface area contributed by atoms with Gasteiger partial charge in [-0.1, -0.05) is 28.9 Å². The number of aryl methyl sites for hydroxylation is 2. The van der Waals surface area contributed by atoms with E-state index < -0.39 is 0 Å². The van der Waals surface area contributed by atoms with E-state index in [1.807, 2.05) is 49.6 Å².